The molecule has 228 valence electrons. The minimum Gasteiger partial charge on any atom is -0.370 e. The van der Waals surface area contributed by atoms with Crippen LogP contribution >= 0.6 is 0 Å². The molecule has 3 aliphatic carbocycles. The van der Waals surface area contributed by atoms with Crippen molar-refractivity contribution < 1.29 is 44.0 Å². The molecular weight excluding hydrogens is 558 g/mol. The van der Waals surface area contributed by atoms with Crippen molar-refractivity contribution in [3.8, 4) is 0 Å². The molecule has 40 heavy (non-hydrogen) atoms. The first-order valence-electron chi connectivity index (χ1n) is 14.6. The van der Waals surface area contributed by atoms with Gasteiger partial charge in [0.05, 0.1) is 6.61 Å². The van der Waals surface area contributed by atoms with Crippen molar-refractivity contribution >= 4 is 10.1 Å². The average molecular weight is 599 g/mol. The summed E-state index contributed by atoms with van der Waals surface area (Å²) in [7, 11) is -6.80. The molecule has 1 aromatic carbocycles. The highest BCUT2D eigenvalue weighted by Gasteiger charge is 2.77. The van der Waals surface area contributed by atoms with Gasteiger partial charge in [0.1, 0.15) is 6.61 Å². The Balaban J connectivity index is 1.68. The van der Waals surface area contributed by atoms with Gasteiger partial charge in [-0.3, -0.25) is 4.55 Å². The lowest BCUT2D eigenvalue weighted by atomic mass is 9.73. The molecule has 0 atom stereocenters. The fourth-order valence-corrected chi connectivity index (χ4v) is 7.36. The van der Waals surface area contributed by atoms with Crippen LogP contribution in [0.2, 0.25) is 0 Å². The van der Waals surface area contributed by atoms with Crippen LogP contribution in [-0.4, -0.2) is 36.7 Å². The molecule has 0 aromatic heterocycles. The van der Waals surface area contributed by atoms with E-state index in [4.69, 9.17) is 9.29 Å². The van der Waals surface area contributed by atoms with Gasteiger partial charge in [-0.25, -0.2) is 0 Å². The Morgan fingerprint density at radius 1 is 0.700 bits per heavy atom. The van der Waals surface area contributed by atoms with E-state index in [9.17, 15) is 34.8 Å². The summed E-state index contributed by atoms with van der Waals surface area (Å²) in [6.45, 7) is -2.59. The van der Waals surface area contributed by atoms with Crippen LogP contribution in [0.25, 0.3) is 0 Å². The summed E-state index contributed by atoms with van der Waals surface area (Å²) in [6.07, 6.45) is 15.6. The first-order chi connectivity index (χ1) is 18.8. The van der Waals surface area contributed by atoms with Crippen LogP contribution in [0.5, 0.6) is 0 Å². The Hall–Kier alpha value is -1.33. The fraction of sp³-hybridized carbons (Fsp3) is 0.793. The zero-order valence-corrected chi connectivity index (χ0v) is 23.6. The average Bonchev–Trinajstić information content (AvgIpc) is 2.93. The molecular formula is C29H40F6O4S. The van der Waals surface area contributed by atoms with Crippen LogP contribution in [0.15, 0.2) is 12.1 Å². The number of rotatable bonds is 10. The van der Waals surface area contributed by atoms with Gasteiger partial charge in [-0.1, -0.05) is 69.9 Å². The molecule has 0 bridgehead atoms. The third-order valence-corrected chi connectivity index (χ3v) is 10.1. The van der Waals surface area contributed by atoms with E-state index in [0.717, 1.165) is 101 Å². The SMILES string of the molecule is O=S(=O)(O)C(F)(F)C(F)(F)C(F)(F)COCc1c(C2CCCCC2)cc(C2CCCCC2)cc1C1CCCCC1. The topological polar surface area (TPSA) is 63.6 Å². The van der Waals surface area contributed by atoms with Crippen LogP contribution in [0.1, 0.15) is 136 Å². The number of alkyl halides is 6. The molecule has 0 heterocycles. The molecule has 1 aromatic rings. The van der Waals surface area contributed by atoms with Gasteiger partial charge < -0.3 is 4.74 Å². The van der Waals surface area contributed by atoms with Crippen molar-refractivity contribution in [1.82, 2.24) is 0 Å². The fourth-order valence-electron chi connectivity index (χ4n) is 6.88. The Morgan fingerprint density at radius 2 is 1.10 bits per heavy atom. The molecule has 4 rings (SSSR count). The second-order valence-electron chi connectivity index (χ2n) is 11.9. The molecule has 3 saturated carbocycles. The summed E-state index contributed by atoms with van der Waals surface area (Å²) < 4.78 is 120. The molecule has 0 amide bonds. The zero-order chi connectivity index (χ0) is 29.2. The van der Waals surface area contributed by atoms with Gasteiger partial charge in [-0.15, -0.1) is 0 Å². The molecule has 11 heteroatoms. The molecule has 0 spiro atoms. The van der Waals surface area contributed by atoms with Crippen molar-refractivity contribution in [3.05, 3.63) is 34.4 Å². The van der Waals surface area contributed by atoms with Gasteiger partial charge in [-0.05, 0) is 78.5 Å². The van der Waals surface area contributed by atoms with Gasteiger partial charge in [0.2, 0.25) is 0 Å². The maximum atomic E-state index is 14.4. The summed E-state index contributed by atoms with van der Waals surface area (Å²) >= 11 is 0. The van der Waals surface area contributed by atoms with Gasteiger partial charge in [-0.2, -0.15) is 34.8 Å². The summed E-state index contributed by atoms with van der Waals surface area (Å²) in [5, 5.41) is -6.38. The number of benzene rings is 1. The summed E-state index contributed by atoms with van der Waals surface area (Å²) in [4.78, 5) is 0. The van der Waals surface area contributed by atoms with Crippen molar-refractivity contribution in [2.45, 2.75) is 138 Å². The van der Waals surface area contributed by atoms with Crippen LogP contribution in [0.3, 0.4) is 0 Å². The first-order valence-corrected chi connectivity index (χ1v) is 16.0. The Kier molecular flexibility index (Phi) is 9.87. The highest BCUT2D eigenvalue weighted by Crippen LogP contribution is 2.49. The van der Waals surface area contributed by atoms with Gasteiger partial charge >= 0.3 is 27.2 Å². The van der Waals surface area contributed by atoms with E-state index in [1.54, 1.807) is 0 Å². The van der Waals surface area contributed by atoms with Crippen molar-refractivity contribution in [2.75, 3.05) is 6.61 Å². The molecule has 0 saturated heterocycles. The third kappa shape index (κ3) is 6.51. The van der Waals surface area contributed by atoms with Crippen LogP contribution < -0.4 is 0 Å². The van der Waals surface area contributed by atoms with Crippen molar-refractivity contribution in [3.63, 3.8) is 0 Å². The van der Waals surface area contributed by atoms with Crippen molar-refractivity contribution in [2.24, 2.45) is 0 Å². The smallest absolute Gasteiger partial charge is 0.370 e. The number of hydrogen-bond acceptors (Lipinski definition) is 3. The highest BCUT2D eigenvalue weighted by atomic mass is 32.2. The highest BCUT2D eigenvalue weighted by molar-refractivity contribution is 7.87. The quantitative estimate of drug-likeness (QED) is 0.216. The second-order valence-corrected chi connectivity index (χ2v) is 13.4. The van der Waals surface area contributed by atoms with Gasteiger partial charge in [0.15, 0.2) is 0 Å². The molecule has 0 radical (unpaired) electrons. The van der Waals surface area contributed by atoms with E-state index in [0.29, 0.717) is 11.5 Å². The monoisotopic (exact) mass is 598 g/mol. The molecule has 0 unspecified atom stereocenters. The Bertz CT molecular complexity index is 1070. The van der Waals surface area contributed by atoms with E-state index in [1.165, 1.54) is 12.0 Å². The molecule has 4 nitrogen and oxygen atoms in total. The van der Waals surface area contributed by atoms with E-state index in [1.807, 2.05) is 0 Å². The minimum absolute atomic E-state index is 0.170. The normalized spacial score (nSPS) is 21.6. The van der Waals surface area contributed by atoms with E-state index in [-0.39, 0.29) is 11.8 Å². The predicted molar refractivity (Wildman–Crippen MR) is 140 cm³/mol. The van der Waals surface area contributed by atoms with Crippen LogP contribution in [0, 0.1) is 0 Å². The predicted octanol–water partition coefficient (Wildman–Crippen LogP) is 9.10. The van der Waals surface area contributed by atoms with Crippen LogP contribution in [-0.2, 0) is 21.5 Å². The second kappa shape index (κ2) is 12.5. The Labute approximate surface area is 233 Å². The van der Waals surface area contributed by atoms with Crippen molar-refractivity contribution in [1.29, 1.82) is 0 Å². The molecule has 1 N–H and O–H groups in total. The summed E-state index contributed by atoms with van der Waals surface area (Å²) in [6, 6.07) is 4.30. The zero-order valence-electron chi connectivity index (χ0n) is 22.8. The number of halogens is 6. The maximum Gasteiger partial charge on any atom is 0.438 e. The number of hydrogen-bond donors (Lipinski definition) is 1. The van der Waals surface area contributed by atoms with Gasteiger partial charge in [0, 0.05) is 0 Å². The third-order valence-electron chi connectivity index (χ3n) is 9.19. The molecule has 3 fully saturated rings. The first kappa shape index (κ1) is 31.6. The lowest BCUT2D eigenvalue weighted by Gasteiger charge is -2.33. The van der Waals surface area contributed by atoms with E-state index >= 15 is 0 Å². The standard InChI is InChI=1S/C29H40F6O4S/c30-27(31,28(32,33)29(34,35)40(36,37)38)19-39-18-26-24(21-12-6-2-7-13-21)16-23(20-10-4-1-5-11-20)17-25(26)22-14-8-3-9-15-22/h16-17,20-22H,1-15,18-19H2,(H,36,37,38). The molecule has 0 aliphatic heterocycles. The minimum atomic E-state index is -6.80. The van der Waals surface area contributed by atoms with Gasteiger partial charge in [0.25, 0.3) is 0 Å². The Morgan fingerprint density at radius 3 is 1.50 bits per heavy atom. The van der Waals surface area contributed by atoms with Crippen LogP contribution in [0.4, 0.5) is 26.3 Å². The largest absolute Gasteiger partial charge is 0.438 e. The summed E-state index contributed by atoms with van der Waals surface area (Å²) in [5.41, 5.74) is 3.89. The van der Waals surface area contributed by atoms with E-state index in [2.05, 4.69) is 12.1 Å². The lowest BCUT2D eigenvalue weighted by molar-refractivity contribution is -0.294. The number of ether oxygens (including phenoxy) is 1. The van der Waals surface area contributed by atoms with E-state index < -0.39 is 40.4 Å². The molecule has 3 aliphatic rings. The lowest BCUT2D eigenvalue weighted by Crippen LogP contribution is -2.59. The maximum absolute atomic E-state index is 14.4. The summed E-state index contributed by atoms with van der Waals surface area (Å²) in [5.74, 6) is -11.2.